The van der Waals surface area contributed by atoms with E-state index in [0.29, 0.717) is 5.92 Å². The van der Waals surface area contributed by atoms with E-state index >= 15 is 0 Å². The first-order valence-corrected chi connectivity index (χ1v) is 6.73. The maximum atomic E-state index is 9.38. The molecule has 98 valence electrons. The van der Waals surface area contributed by atoms with Crippen molar-refractivity contribution in [2.45, 2.75) is 19.9 Å². The van der Waals surface area contributed by atoms with Gasteiger partial charge in [0.25, 0.3) is 0 Å². The number of nitrogens with zero attached hydrogens (tertiary/aromatic N) is 1. The predicted octanol–water partition coefficient (Wildman–Crippen LogP) is 3.90. The summed E-state index contributed by atoms with van der Waals surface area (Å²) in [5.41, 5.74) is 1.18. The van der Waals surface area contributed by atoms with Gasteiger partial charge in [-0.15, -0.1) is 0 Å². The van der Waals surface area contributed by atoms with E-state index in [0.717, 1.165) is 0 Å². The minimum absolute atomic E-state index is 0.0221. The summed E-state index contributed by atoms with van der Waals surface area (Å²) in [7, 11) is 1.92. The first kappa shape index (κ1) is 13.6. The normalized spacial score (nSPS) is 14.3. The minimum atomic E-state index is -0.0221. The third kappa shape index (κ3) is 2.77. The lowest BCUT2D eigenvalue weighted by molar-refractivity contribution is 0.363. The van der Waals surface area contributed by atoms with Gasteiger partial charge in [0.05, 0.1) is 12.0 Å². The summed E-state index contributed by atoms with van der Waals surface area (Å²) in [5.74, 6) is 0.306. The fourth-order valence-corrected chi connectivity index (χ4v) is 2.56. The molecule has 2 atom stereocenters. The number of nitrogens with one attached hydrogen (secondary N) is 1. The van der Waals surface area contributed by atoms with Gasteiger partial charge in [0.2, 0.25) is 0 Å². The molecule has 0 aliphatic heterocycles. The van der Waals surface area contributed by atoms with Crippen molar-refractivity contribution in [3.8, 4) is 6.07 Å². The number of nitriles is 1. The molecule has 0 heterocycles. The van der Waals surface area contributed by atoms with Gasteiger partial charge >= 0.3 is 0 Å². The molecule has 0 saturated heterocycles. The zero-order valence-electron chi connectivity index (χ0n) is 11.7. The Morgan fingerprint density at radius 3 is 2.32 bits per heavy atom. The zero-order chi connectivity index (χ0) is 13.8. The van der Waals surface area contributed by atoms with E-state index in [9.17, 15) is 5.26 Å². The molecule has 0 spiro atoms. The zero-order valence-corrected chi connectivity index (χ0v) is 11.7. The Balaban J connectivity index is 2.43. The quantitative estimate of drug-likeness (QED) is 0.896. The molecular formula is C17H20N2. The van der Waals surface area contributed by atoms with Crippen LogP contribution in [0.15, 0.2) is 42.5 Å². The van der Waals surface area contributed by atoms with Crippen LogP contribution in [-0.4, -0.2) is 7.05 Å². The molecular weight excluding hydrogens is 232 g/mol. The van der Waals surface area contributed by atoms with E-state index in [4.69, 9.17) is 0 Å². The molecule has 2 aromatic rings. The van der Waals surface area contributed by atoms with Crippen LogP contribution in [0.3, 0.4) is 0 Å². The molecule has 0 aromatic heterocycles. The number of fused-ring (bicyclic) bond motifs is 1. The maximum absolute atomic E-state index is 9.38. The SMILES string of the molecule is CNC(c1ccc2ccccc2c1)C(C#N)C(C)C. The Kier molecular flexibility index (Phi) is 4.19. The highest BCUT2D eigenvalue weighted by Crippen LogP contribution is 2.29. The van der Waals surface area contributed by atoms with Crippen LogP contribution in [0.4, 0.5) is 0 Å². The van der Waals surface area contributed by atoms with E-state index in [1.165, 1.54) is 16.3 Å². The van der Waals surface area contributed by atoms with Gasteiger partial charge in [-0.1, -0.05) is 50.2 Å². The first-order valence-electron chi connectivity index (χ1n) is 6.73. The molecule has 19 heavy (non-hydrogen) atoms. The second-order valence-electron chi connectivity index (χ2n) is 5.27. The molecule has 0 bridgehead atoms. The summed E-state index contributed by atoms with van der Waals surface area (Å²) in [5, 5.41) is 15.1. The highest BCUT2D eigenvalue weighted by molar-refractivity contribution is 5.83. The van der Waals surface area contributed by atoms with Crippen molar-refractivity contribution in [1.29, 1.82) is 5.26 Å². The highest BCUT2D eigenvalue weighted by atomic mass is 14.9. The van der Waals surface area contributed by atoms with Crippen molar-refractivity contribution < 1.29 is 0 Å². The van der Waals surface area contributed by atoms with Crippen LogP contribution < -0.4 is 5.32 Å². The average molecular weight is 252 g/mol. The van der Waals surface area contributed by atoms with Gasteiger partial charge < -0.3 is 5.32 Å². The van der Waals surface area contributed by atoms with Gasteiger partial charge in [-0.2, -0.15) is 5.26 Å². The van der Waals surface area contributed by atoms with Crippen molar-refractivity contribution in [3.05, 3.63) is 48.0 Å². The Bertz CT molecular complexity index is 595. The highest BCUT2D eigenvalue weighted by Gasteiger charge is 2.24. The topological polar surface area (TPSA) is 35.8 Å². The van der Waals surface area contributed by atoms with Crippen LogP contribution in [0.2, 0.25) is 0 Å². The number of hydrogen-bond donors (Lipinski definition) is 1. The van der Waals surface area contributed by atoms with Crippen molar-refractivity contribution >= 4 is 10.8 Å². The van der Waals surface area contributed by atoms with Crippen LogP contribution in [0.1, 0.15) is 25.5 Å². The molecule has 0 radical (unpaired) electrons. The van der Waals surface area contributed by atoms with Gasteiger partial charge in [-0.05, 0) is 35.4 Å². The van der Waals surface area contributed by atoms with E-state index in [1.54, 1.807) is 0 Å². The molecule has 2 unspecified atom stereocenters. The number of rotatable bonds is 4. The predicted molar refractivity (Wildman–Crippen MR) is 79.7 cm³/mol. The number of benzene rings is 2. The van der Waals surface area contributed by atoms with E-state index in [2.05, 4.69) is 55.6 Å². The summed E-state index contributed by atoms with van der Waals surface area (Å²) >= 11 is 0. The smallest absolute Gasteiger partial charge is 0.0681 e. The van der Waals surface area contributed by atoms with Crippen molar-refractivity contribution in [3.63, 3.8) is 0 Å². The summed E-state index contributed by atoms with van der Waals surface area (Å²) in [6.07, 6.45) is 0. The summed E-state index contributed by atoms with van der Waals surface area (Å²) in [6.45, 7) is 4.19. The molecule has 0 saturated carbocycles. The molecule has 0 aliphatic rings. The van der Waals surface area contributed by atoms with Crippen molar-refractivity contribution in [1.82, 2.24) is 5.32 Å². The van der Waals surface area contributed by atoms with Gasteiger partial charge in [0, 0.05) is 6.04 Å². The lowest BCUT2D eigenvalue weighted by atomic mass is 9.85. The van der Waals surface area contributed by atoms with Gasteiger partial charge in [0.1, 0.15) is 0 Å². The van der Waals surface area contributed by atoms with Gasteiger partial charge in [0.15, 0.2) is 0 Å². The molecule has 0 fully saturated rings. The van der Waals surface area contributed by atoms with Crippen LogP contribution >= 0.6 is 0 Å². The Labute approximate surface area is 115 Å². The molecule has 2 nitrogen and oxygen atoms in total. The first-order chi connectivity index (χ1) is 9.17. The Hall–Kier alpha value is -1.85. The number of hydrogen-bond acceptors (Lipinski definition) is 2. The molecule has 2 heteroatoms. The van der Waals surface area contributed by atoms with Crippen LogP contribution in [0.25, 0.3) is 10.8 Å². The lowest BCUT2D eigenvalue weighted by Gasteiger charge is -2.25. The molecule has 0 aliphatic carbocycles. The van der Waals surface area contributed by atoms with Crippen LogP contribution in [-0.2, 0) is 0 Å². The fraction of sp³-hybridized carbons (Fsp3) is 0.353. The average Bonchev–Trinajstić information content (AvgIpc) is 2.43. The second kappa shape index (κ2) is 5.86. The van der Waals surface area contributed by atoms with Crippen molar-refractivity contribution in [2.75, 3.05) is 7.05 Å². The van der Waals surface area contributed by atoms with E-state index < -0.39 is 0 Å². The fourth-order valence-electron chi connectivity index (χ4n) is 2.56. The Morgan fingerprint density at radius 1 is 1.05 bits per heavy atom. The van der Waals surface area contributed by atoms with E-state index in [-0.39, 0.29) is 12.0 Å². The van der Waals surface area contributed by atoms with Gasteiger partial charge in [-0.25, -0.2) is 0 Å². The lowest BCUT2D eigenvalue weighted by Crippen LogP contribution is -2.27. The monoisotopic (exact) mass is 252 g/mol. The van der Waals surface area contributed by atoms with Crippen molar-refractivity contribution in [2.24, 2.45) is 11.8 Å². The van der Waals surface area contributed by atoms with E-state index in [1.807, 2.05) is 19.2 Å². The molecule has 1 N–H and O–H groups in total. The summed E-state index contributed by atoms with van der Waals surface area (Å²) < 4.78 is 0. The van der Waals surface area contributed by atoms with Crippen LogP contribution in [0, 0.1) is 23.2 Å². The third-order valence-corrected chi connectivity index (χ3v) is 3.67. The largest absolute Gasteiger partial charge is 0.312 e. The summed E-state index contributed by atoms with van der Waals surface area (Å²) in [6, 6.07) is 17.3. The molecule has 2 aromatic carbocycles. The molecule has 0 amide bonds. The standard InChI is InChI=1S/C17H20N2/c1-12(2)16(11-18)17(19-3)15-9-8-13-6-4-5-7-14(13)10-15/h4-10,12,16-17,19H,1-3H3. The second-order valence-corrected chi connectivity index (χ2v) is 5.27. The van der Waals surface area contributed by atoms with Gasteiger partial charge in [-0.3, -0.25) is 0 Å². The van der Waals surface area contributed by atoms with Crippen LogP contribution in [0.5, 0.6) is 0 Å². The third-order valence-electron chi connectivity index (χ3n) is 3.67. The Morgan fingerprint density at radius 2 is 1.74 bits per heavy atom. The maximum Gasteiger partial charge on any atom is 0.0681 e. The molecule has 2 rings (SSSR count). The minimum Gasteiger partial charge on any atom is -0.312 e. The summed E-state index contributed by atoms with van der Waals surface area (Å²) in [4.78, 5) is 0.